The lowest BCUT2D eigenvalue weighted by atomic mass is 9.46. The summed E-state index contributed by atoms with van der Waals surface area (Å²) in [6.07, 6.45) is 7.91. The largest absolute Gasteiger partial charge is 0.504 e. The SMILES string of the molecule is C=C1CCCC2C1(C)CCC(C)C2(C)CC1=C(O)C(=O)C=C(NCCc2ccccc2)C1=O. The van der Waals surface area contributed by atoms with Crippen LogP contribution < -0.4 is 5.32 Å². The van der Waals surface area contributed by atoms with E-state index in [1.807, 2.05) is 30.3 Å². The van der Waals surface area contributed by atoms with Crippen LogP contribution >= 0.6 is 0 Å². The zero-order valence-corrected chi connectivity index (χ0v) is 20.2. The number of aliphatic hydroxyl groups is 1. The molecule has 2 saturated carbocycles. The first-order valence-electron chi connectivity index (χ1n) is 12.4. The minimum Gasteiger partial charge on any atom is -0.504 e. The van der Waals surface area contributed by atoms with Crippen molar-refractivity contribution >= 4 is 11.6 Å². The summed E-state index contributed by atoms with van der Waals surface area (Å²) in [6, 6.07) is 10.0. The summed E-state index contributed by atoms with van der Waals surface area (Å²) in [5, 5.41) is 13.9. The van der Waals surface area contributed by atoms with Crippen LogP contribution in [0.5, 0.6) is 0 Å². The number of hydrogen-bond acceptors (Lipinski definition) is 4. The Labute approximate surface area is 197 Å². The number of aliphatic hydroxyl groups excluding tert-OH is 1. The average molecular weight is 448 g/mol. The molecule has 0 aliphatic heterocycles. The lowest BCUT2D eigenvalue weighted by Crippen LogP contribution is -2.51. The predicted octanol–water partition coefficient (Wildman–Crippen LogP) is 5.86. The van der Waals surface area contributed by atoms with Gasteiger partial charge in [-0.1, -0.05) is 63.3 Å². The van der Waals surface area contributed by atoms with Crippen LogP contribution in [0.4, 0.5) is 0 Å². The molecule has 3 aliphatic rings. The van der Waals surface area contributed by atoms with E-state index in [2.05, 4.69) is 32.7 Å². The maximum absolute atomic E-state index is 13.4. The Kier molecular flexibility index (Phi) is 6.39. The molecular formula is C29H37NO3. The molecular weight excluding hydrogens is 410 g/mol. The summed E-state index contributed by atoms with van der Waals surface area (Å²) >= 11 is 0. The fourth-order valence-corrected chi connectivity index (χ4v) is 6.61. The van der Waals surface area contributed by atoms with Gasteiger partial charge >= 0.3 is 0 Å². The molecule has 4 heteroatoms. The molecule has 1 aromatic rings. The van der Waals surface area contributed by atoms with Crippen molar-refractivity contribution in [3.8, 4) is 0 Å². The number of benzene rings is 1. The molecule has 0 spiro atoms. The molecule has 33 heavy (non-hydrogen) atoms. The maximum atomic E-state index is 13.4. The average Bonchev–Trinajstić information content (AvgIpc) is 2.80. The number of allylic oxidation sites excluding steroid dienone is 3. The molecule has 0 bridgehead atoms. The van der Waals surface area contributed by atoms with E-state index in [1.165, 1.54) is 17.2 Å². The smallest absolute Gasteiger partial charge is 0.222 e. The first-order valence-corrected chi connectivity index (χ1v) is 12.4. The summed E-state index contributed by atoms with van der Waals surface area (Å²) in [6.45, 7) is 11.8. The minimum atomic E-state index is -0.477. The van der Waals surface area contributed by atoms with Crippen LogP contribution in [0.15, 0.2) is 65.6 Å². The van der Waals surface area contributed by atoms with Crippen molar-refractivity contribution in [2.45, 2.75) is 65.7 Å². The third-order valence-corrected chi connectivity index (χ3v) is 9.01. The Hall–Kier alpha value is -2.62. The van der Waals surface area contributed by atoms with Crippen molar-refractivity contribution in [3.63, 3.8) is 0 Å². The number of hydrogen-bond donors (Lipinski definition) is 2. The van der Waals surface area contributed by atoms with Gasteiger partial charge in [-0.05, 0) is 73.2 Å². The number of Topliss-reactive ketones (excluding diaryl/α,β-unsaturated/α-hetero) is 1. The van der Waals surface area contributed by atoms with Gasteiger partial charge in [-0.25, -0.2) is 0 Å². The summed E-state index contributed by atoms with van der Waals surface area (Å²) < 4.78 is 0. The molecule has 176 valence electrons. The van der Waals surface area contributed by atoms with Gasteiger partial charge in [-0.3, -0.25) is 9.59 Å². The van der Waals surface area contributed by atoms with Crippen molar-refractivity contribution in [1.82, 2.24) is 5.32 Å². The van der Waals surface area contributed by atoms with Crippen LogP contribution in [-0.4, -0.2) is 23.2 Å². The van der Waals surface area contributed by atoms with E-state index in [-0.39, 0.29) is 27.9 Å². The molecule has 2 fully saturated rings. The number of nitrogens with one attached hydrogen (secondary N) is 1. The molecule has 0 radical (unpaired) electrons. The van der Waals surface area contributed by atoms with Crippen molar-refractivity contribution in [1.29, 1.82) is 0 Å². The summed E-state index contributed by atoms with van der Waals surface area (Å²) in [5.74, 6) is -0.308. The lowest BCUT2D eigenvalue weighted by molar-refractivity contribution is -0.118. The van der Waals surface area contributed by atoms with E-state index in [9.17, 15) is 14.7 Å². The molecule has 0 amide bonds. The van der Waals surface area contributed by atoms with Gasteiger partial charge in [0.05, 0.1) is 5.70 Å². The van der Waals surface area contributed by atoms with E-state index >= 15 is 0 Å². The third kappa shape index (κ3) is 4.20. The topological polar surface area (TPSA) is 66.4 Å². The van der Waals surface area contributed by atoms with Crippen molar-refractivity contribution in [2.75, 3.05) is 6.54 Å². The number of carbonyl (C=O) groups excluding carboxylic acids is 2. The van der Waals surface area contributed by atoms with E-state index in [0.717, 1.165) is 38.5 Å². The Morgan fingerprint density at radius 2 is 1.88 bits per heavy atom. The number of carbonyl (C=O) groups is 2. The van der Waals surface area contributed by atoms with Crippen molar-refractivity contribution < 1.29 is 14.7 Å². The van der Waals surface area contributed by atoms with Gasteiger partial charge in [0.1, 0.15) is 0 Å². The number of ketones is 2. The zero-order chi connectivity index (χ0) is 23.8. The van der Waals surface area contributed by atoms with Gasteiger partial charge in [-0.15, -0.1) is 0 Å². The van der Waals surface area contributed by atoms with Gasteiger partial charge in [0, 0.05) is 18.2 Å². The fraction of sp³-hybridized carbons (Fsp3) is 0.517. The second-order valence-electron chi connectivity index (χ2n) is 10.8. The molecule has 4 atom stereocenters. The highest BCUT2D eigenvalue weighted by Crippen LogP contribution is 2.63. The summed E-state index contributed by atoms with van der Waals surface area (Å²) in [7, 11) is 0. The Balaban J connectivity index is 1.54. The van der Waals surface area contributed by atoms with Gasteiger partial charge in [0.15, 0.2) is 5.76 Å². The standard InChI is InChI=1S/C29H37NO3/c1-19-9-8-12-25-28(19,3)15-13-20(2)29(25,4)18-22-26(32)23(17-24(31)27(22)33)30-16-14-21-10-6-5-7-11-21/h5-7,10-11,17,20,25,30,33H,1,8-9,12-16,18H2,2-4H3. The van der Waals surface area contributed by atoms with Crippen LogP contribution in [0.25, 0.3) is 0 Å². The van der Waals surface area contributed by atoms with Crippen LogP contribution in [0.2, 0.25) is 0 Å². The highest BCUT2D eigenvalue weighted by Gasteiger charge is 2.54. The van der Waals surface area contributed by atoms with Gasteiger partial charge in [0.2, 0.25) is 11.6 Å². The van der Waals surface area contributed by atoms with Crippen LogP contribution in [-0.2, 0) is 16.0 Å². The van der Waals surface area contributed by atoms with Crippen LogP contribution in [0.3, 0.4) is 0 Å². The third-order valence-electron chi connectivity index (χ3n) is 9.01. The molecule has 1 aromatic carbocycles. The van der Waals surface area contributed by atoms with Gasteiger partial charge < -0.3 is 10.4 Å². The zero-order valence-electron chi connectivity index (χ0n) is 20.2. The van der Waals surface area contributed by atoms with Crippen LogP contribution in [0, 0.1) is 22.7 Å². The fourth-order valence-electron chi connectivity index (χ4n) is 6.61. The Morgan fingerprint density at radius 3 is 2.61 bits per heavy atom. The molecule has 0 heterocycles. The van der Waals surface area contributed by atoms with Gasteiger partial charge in [-0.2, -0.15) is 0 Å². The number of fused-ring (bicyclic) bond motifs is 1. The highest BCUT2D eigenvalue weighted by atomic mass is 16.3. The second kappa shape index (κ2) is 8.96. The lowest BCUT2D eigenvalue weighted by Gasteiger charge is -2.59. The van der Waals surface area contributed by atoms with E-state index in [1.54, 1.807) is 0 Å². The van der Waals surface area contributed by atoms with Gasteiger partial charge in [0.25, 0.3) is 0 Å². The van der Waals surface area contributed by atoms with Crippen molar-refractivity contribution in [3.05, 3.63) is 71.2 Å². The first kappa shape index (κ1) is 23.5. The summed E-state index contributed by atoms with van der Waals surface area (Å²) in [4.78, 5) is 26.1. The molecule has 0 saturated heterocycles. The number of rotatable bonds is 6. The molecule has 4 rings (SSSR count). The second-order valence-corrected chi connectivity index (χ2v) is 10.8. The molecule has 4 unspecified atom stereocenters. The monoisotopic (exact) mass is 447 g/mol. The Morgan fingerprint density at radius 1 is 1.15 bits per heavy atom. The maximum Gasteiger partial charge on any atom is 0.222 e. The molecule has 4 nitrogen and oxygen atoms in total. The van der Waals surface area contributed by atoms with Crippen molar-refractivity contribution in [2.24, 2.45) is 22.7 Å². The minimum absolute atomic E-state index is 0.0595. The summed E-state index contributed by atoms with van der Waals surface area (Å²) in [5.41, 5.74) is 2.95. The highest BCUT2D eigenvalue weighted by molar-refractivity contribution is 6.21. The van der Waals surface area contributed by atoms with E-state index in [4.69, 9.17) is 0 Å². The molecule has 3 aliphatic carbocycles. The molecule has 2 N–H and O–H groups in total. The quantitative estimate of drug-likeness (QED) is 0.424. The van der Waals surface area contributed by atoms with E-state index < -0.39 is 5.78 Å². The predicted molar refractivity (Wildman–Crippen MR) is 132 cm³/mol. The first-order chi connectivity index (χ1) is 15.7. The van der Waals surface area contributed by atoms with E-state index in [0.29, 0.717) is 30.5 Å². The molecule has 0 aromatic heterocycles. The van der Waals surface area contributed by atoms with Crippen LogP contribution in [0.1, 0.15) is 64.9 Å². The Bertz CT molecular complexity index is 1020. The normalized spacial score (nSPS) is 32.5.